The molecule has 11 heavy (non-hydrogen) atoms. The van der Waals surface area contributed by atoms with Gasteiger partial charge in [0.15, 0.2) is 5.03 Å². The van der Waals surface area contributed by atoms with Crippen LogP contribution in [0.15, 0.2) is 29.4 Å². The first-order chi connectivity index (χ1) is 5.17. The van der Waals surface area contributed by atoms with Crippen LogP contribution in [0.25, 0.3) is 0 Å². The fraction of sp³-hybridized carbons (Fsp3) is 0.167. The predicted molar refractivity (Wildman–Crippen MR) is 38.4 cm³/mol. The molecule has 0 aliphatic heterocycles. The zero-order chi connectivity index (χ0) is 8.32. The van der Waals surface area contributed by atoms with Crippen molar-refractivity contribution in [2.45, 2.75) is 5.03 Å². The highest BCUT2D eigenvalue weighted by atomic mass is 32.2. The van der Waals surface area contributed by atoms with Crippen molar-refractivity contribution in [2.75, 3.05) is 7.11 Å². The molecular formula is C6H7NO3S. The Morgan fingerprint density at radius 2 is 2.18 bits per heavy atom. The first-order valence-electron chi connectivity index (χ1n) is 2.88. The van der Waals surface area contributed by atoms with Gasteiger partial charge in [-0.15, -0.1) is 0 Å². The summed E-state index contributed by atoms with van der Waals surface area (Å²) in [6.07, 6.45) is 1.39. The second-order valence-electron chi connectivity index (χ2n) is 1.79. The van der Waals surface area contributed by atoms with E-state index in [-0.39, 0.29) is 5.03 Å². The van der Waals surface area contributed by atoms with Crippen molar-refractivity contribution >= 4 is 10.1 Å². The van der Waals surface area contributed by atoms with Crippen LogP contribution in [0.4, 0.5) is 0 Å². The molecule has 60 valence electrons. The van der Waals surface area contributed by atoms with Crippen LogP contribution in [0.3, 0.4) is 0 Å². The van der Waals surface area contributed by atoms with E-state index < -0.39 is 10.1 Å². The van der Waals surface area contributed by atoms with Crippen LogP contribution < -0.4 is 0 Å². The van der Waals surface area contributed by atoms with Crippen LogP contribution in [-0.4, -0.2) is 20.5 Å². The molecule has 0 atom stereocenters. The van der Waals surface area contributed by atoms with Gasteiger partial charge in [0, 0.05) is 6.20 Å². The smallest absolute Gasteiger partial charge is 0.269 e. The third kappa shape index (κ3) is 1.75. The van der Waals surface area contributed by atoms with Gasteiger partial charge in [-0.1, -0.05) is 6.07 Å². The SMILES string of the molecule is COS(=O)(=O)c1ccccn1. The lowest BCUT2D eigenvalue weighted by atomic mass is 10.5. The summed E-state index contributed by atoms with van der Waals surface area (Å²) >= 11 is 0. The maximum Gasteiger partial charge on any atom is 0.314 e. The van der Waals surface area contributed by atoms with Crippen molar-refractivity contribution in [3.05, 3.63) is 24.4 Å². The second kappa shape index (κ2) is 2.98. The molecule has 0 N–H and O–H groups in total. The van der Waals surface area contributed by atoms with Crippen LogP contribution in [0.5, 0.6) is 0 Å². The molecule has 1 aromatic rings. The van der Waals surface area contributed by atoms with Gasteiger partial charge in [-0.3, -0.25) is 4.18 Å². The highest BCUT2D eigenvalue weighted by Crippen LogP contribution is 2.05. The lowest BCUT2D eigenvalue weighted by molar-refractivity contribution is 0.395. The van der Waals surface area contributed by atoms with E-state index in [9.17, 15) is 8.42 Å². The molecule has 0 saturated heterocycles. The average Bonchev–Trinajstić information content (AvgIpc) is 2.06. The van der Waals surface area contributed by atoms with Gasteiger partial charge in [-0.05, 0) is 12.1 Å². The van der Waals surface area contributed by atoms with Crippen molar-refractivity contribution in [1.82, 2.24) is 4.98 Å². The molecule has 4 nitrogen and oxygen atoms in total. The molecule has 1 aromatic heterocycles. The Kier molecular flexibility index (Phi) is 2.21. The Bertz CT molecular complexity index is 319. The van der Waals surface area contributed by atoms with Crippen molar-refractivity contribution in [3.63, 3.8) is 0 Å². The third-order valence-electron chi connectivity index (χ3n) is 1.11. The van der Waals surface area contributed by atoms with Crippen molar-refractivity contribution in [1.29, 1.82) is 0 Å². The fourth-order valence-electron chi connectivity index (χ4n) is 0.580. The van der Waals surface area contributed by atoms with E-state index in [0.29, 0.717) is 0 Å². The van der Waals surface area contributed by atoms with Crippen LogP contribution in [0.2, 0.25) is 0 Å². The Balaban J connectivity index is 3.14. The molecular weight excluding hydrogens is 166 g/mol. The van der Waals surface area contributed by atoms with Gasteiger partial charge in [0.25, 0.3) is 0 Å². The second-order valence-corrected chi connectivity index (χ2v) is 3.45. The van der Waals surface area contributed by atoms with Gasteiger partial charge < -0.3 is 0 Å². The van der Waals surface area contributed by atoms with Crippen LogP contribution in [-0.2, 0) is 14.3 Å². The van der Waals surface area contributed by atoms with Crippen LogP contribution in [0.1, 0.15) is 0 Å². The molecule has 1 heterocycles. The number of hydrogen-bond donors (Lipinski definition) is 0. The molecule has 5 heteroatoms. The molecule has 0 radical (unpaired) electrons. The zero-order valence-electron chi connectivity index (χ0n) is 5.89. The maximum absolute atomic E-state index is 10.9. The summed E-state index contributed by atoms with van der Waals surface area (Å²) in [5.41, 5.74) is 0. The Hall–Kier alpha value is -0.940. The number of aromatic nitrogens is 1. The van der Waals surface area contributed by atoms with E-state index in [1.54, 1.807) is 12.1 Å². The minimum atomic E-state index is -3.61. The summed E-state index contributed by atoms with van der Waals surface area (Å²) in [5, 5.41) is -0.0671. The van der Waals surface area contributed by atoms with Crippen molar-refractivity contribution < 1.29 is 12.6 Å². The quantitative estimate of drug-likeness (QED) is 0.608. The molecule has 0 aliphatic rings. The summed E-state index contributed by atoms with van der Waals surface area (Å²) in [6.45, 7) is 0. The lowest BCUT2D eigenvalue weighted by Gasteiger charge is -1.97. The predicted octanol–water partition coefficient (Wildman–Crippen LogP) is 0.417. The summed E-state index contributed by atoms with van der Waals surface area (Å²) < 4.78 is 26.1. The Morgan fingerprint density at radius 1 is 1.45 bits per heavy atom. The highest BCUT2D eigenvalue weighted by molar-refractivity contribution is 7.86. The van der Waals surface area contributed by atoms with Gasteiger partial charge in [0.1, 0.15) is 0 Å². The molecule has 0 spiro atoms. The summed E-state index contributed by atoms with van der Waals surface area (Å²) in [5.74, 6) is 0. The van der Waals surface area contributed by atoms with Gasteiger partial charge in [0.2, 0.25) is 0 Å². The minimum Gasteiger partial charge on any atom is -0.269 e. The minimum absolute atomic E-state index is 0.0671. The molecule has 0 unspecified atom stereocenters. The first-order valence-corrected chi connectivity index (χ1v) is 4.29. The van der Waals surface area contributed by atoms with Gasteiger partial charge in [-0.2, -0.15) is 8.42 Å². The molecule has 0 fully saturated rings. The van der Waals surface area contributed by atoms with Crippen LogP contribution >= 0.6 is 0 Å². The molecule has 0 bridgehead atoms. The first kappa shape index (κ1) is 8.16. The summed E-state index contributed by atoms with van der Waals surface area (Å²) in [7, 11) is -2.51. The largest absolute Gasteiger partial charge is 0.314 e. The average molecular weight is 173 g/mol. The van der Waals surface area contributed by atoms with Gasteiger partial charge in [-0.25, -0.2) is 4.98 Å². The van der Waals surface area contributed by atoms with E-state index >= 15 is 0 Å². The highest BCUT2D eigenvalue weighted by Gasteiger charge is 2.12. The van der Waals surface area contributed by atoms with Crippen LogP contribution in [0, 0.1) is 0 Å². The van der Waals surface area contributed by atoms with E-state index in [1.165, 1.54) is 12.3 Å². The topological polar surface area (TPSA) is 56.3 Å². The zero-order valence-corrected chi connectivity index (χ0v) is 6.71. The molecule has 0 aliphatic carbocycles. The van der Waals surface area contributed by atoms with Gasteiger partial charge in [0.05, 0.1) is 7.11 Å². The molecule has 0 saturated carbocycles. The molecule has 1 rings (SSSR count). The number of rotatable bonds is 2. The standard InChI is InChI=1S/C6H7NO3S/c1-10-11(8,9)6-4-2-3-5-7-6/h2-5H,1H3. The van der Waals surface area contributed by atoms with E-state index in [2.05, 4.69) is 9.17 Å². The number of pyridine rings is 1. The Morgan fingerprint density at radius 3 is 2.64 bits per heavy atom. The maximum atomic E-state index is 10.9. The van der Waals surface area contributed by atoms with Crippen molar-refractivity contribution in [3.8, 4) is 0 Å². The number of hydrogen-bond acceptors (Lipinski definition) is 4. The third-order valence-corrected chi connectivity index (χ3v) is 2.31. The number of nitrogens with zero attached hydrogens (tertiary/aromatic N) is 1. The van der Waals surface area contributed by atoms with E-state index in [4.69, 9.17) is 0 Å². The summed E-state index contributed by atoms with van der Waals surface area (Å²) in [4.78, 5) is 3.61. The fourth-order valence-corrected chi connectivity index (χ4v) is 1.19. The molecule has 0 amide bonds. The van der Waals surface area contributed by atoms with E-state index in [1.807, 2.05) is 0 Å². The Labute approximate surface area is 65.0 Å². The lowest BCUT2D eigenvalue weighted by Crippen LogP contribution is -2.04. The van der Waals surface area contributed by atoms with Gasteiger partial charge >= 0.3 is 10.1 Å². The molecule has 0 aromatic carbocycles. The van der Waals surface area contributed by atoms with Crippen molar-refractivity contribution in [2.24, 2.45) is 0 Å². The van der Waals surface area contributed by atoms with E-state index in [0.717, 1.165) is 7.11 Å². The summed E-state index contributed by atoms with van der Waals surface area (Å²) in [6, 6.07) is 4.59. The monoisotopic (exact) mass is 173 g/mol. The normalized spacial score (nSPS) is 11.4.